The van der Waals surface area contributed by atoms with Crippen LogP contribution >= 0.6 is 0 Å². The van der Waals surface area contributed by atoms with Crippen LogP contribution in [0.1, 0.15) is 58.1 Å². The van der Waals surface area contributed by atoms with E-state index in [9.17, 15) is 14.7 Å². The minimum atomic E-state index is -0.540. The summed E-state index contributed by atoms with van der Waals surface area (Å²) in [6.45, 7) is 5.93. The molecule has 2 aliphatic heterocycles. The Kier molecular flexibility index (Phi) is 8.04. The van der Waals surface area contributed by atoms with Gasteiger partial charge in [-0.1, -0.05) is 12.1 Å². The third-order valence-corrected chi connectivity index (χ3v) is 7.95. The molecule has 4 heterocycles. The number of aliphatic hydroxyl groups excluding tert-OH is 1. The number of aromatic nitrogens is 2. The van der Waals surface area contributed by atoms with Crippen molar-refractivity contribution in [2.75, 3.05) is 26.7 Å². The van der Waals surface area contributed by atoms with Crippen LogP contribution in [0.15, 0.2) is 40.8 Å². The van der Waals surface area contributed by atoms with E-state index in [1.54, 1.807) is 13.2 Å². The zero-order chi connectivity index (χ0) is 27.5. The van der Waals surface area contributed by atoms with Crippen molar-refractivity contribution in [2.24, 2.45) is 0 Å². The fourth-order valence-corrected chi connectivity index (χ4v) is 5.74. The number of hydrogen-bond donors (Lipinski definition) is 3. The quantitative estimate of drug-likeness (QED) is 0.405. The Morgan fingerprint density at radius 1 is 1.21 bits per heavy atom. The fourth-order valence-electron chi connectivity index (χ4n) is 5.74. The molecule has 39 heavy (non-hydrogen) atoms. The number of carbonyl (C=O) groups excluding carboxylic acids is 2. The zero-order valence-corrected chi connectivity index (χ0v) is 22.8. The normalized spacial score (nSPS) is 20.4. The highest BCUT2D eigenvalue weighted by Crippen LogP contribution is 2.28. The van der Waals surface area contributed by atoms with Gasteiger partial charge in [0, 0.05) is 49.9 Å². The van der Waals surface area contributed by atoms with E-state index in [4.69, 9.17) is 9.15 Å². The molecule has 0 aliphatic carbocycles. The standard InChI is InChI=1S/C29H37N5O5/c1-18-25(19(2)32-31-18)15-24-7-8-27(39-24)29(37)33-11-9-21(10-12-33)34-17-22(35)14-26(34)28(36)30-16-20-5-4-6-23(13-20)38-3/h4-8,13,21-22,26,35H,9-12,14-17H2,1-3H3,(H,30,36)(H,31,32)/t22-,26+/m1/s1. The molecule has 3 aromatic rings. The molecule has 2 saturated heterocycles. The number of amides is 2. The second-order valence-corrected chi connectivity index (χ2v) is 10.6. The number of aliphatic hydroxyl groups is 1. The van der Waals surface area contributed by atoms with E-state index in [0.29, 0.717) is 44.8 Å². The molecule has 0 unspecified atom stereocenters. The van der Waals surface area contributed by atoms with Crippen LogP contribution in [0.2, 0.25) is 0 Å². The summed E-state index contributed by atoms with van der Waals surface area (Å²) in [4.78, 5) is 30.2. The molecule has 5 rings (SSSR count). The monoisotopic (exact) mass is 535 g/mol. The van der Waals surface area contributed by atoms with Gasteiger partial charge in [0.1, 0.15) is 11.5 Å². The van der Waals surface area contributed by atoms with E-state index >= 15 is 0 Å². The Morgan fingerprint density at radius 2 is 2.00 bits per heavy atom. The Bertz CT molecular complexity index is 1290. The van der Waals surface area contributed by atoms with Gasteiger partial charge >= 0.3 is 0 Å². The number of aryl methyl sites for hydroxylation is 2. The first-order valence-corrected chi connectivity index (χ1v) is 13.5. The zero-order valence-electron chi connectivity index (χ0n) is 22.8. The van der Waals surface area contributed by atoms with E-state index in [2.05, 4.69) is 20.4 Å². The van der Waals surface area contributed by atoms with Crippen molar-refractivity contribution in [1.29, 1.82) is 0 Å². The summed E-state index contributed by atoms with van der Waals surface area (Å²) in [5.41, 5.74) is 3.96. The van der Waals surface area contributed by atoms with Gasteiger partial charge < -0.3 is 24.5 Å². The van der Waals surface area contributed by atoms with Gasteiger partial charge in [-0.05, 0) is 62.9 Å². The molecule has 2 amide bonds. The van der Waals surface area contributed by atoms with Crippen LogP contribution in [-0.2, 0) is 17.8 Å². The lowest BCUT2D eigenvalue weighted by Crippen LogP contribution is -2.52. The second kappa shape index (κ2) is 11.6. The summed E-state index contributed by atoms with van der Waals surface area (Å²) in [5, 5.41) is 20.6. The third kappa shape index (κ3) is 6.02. The maximum absolute atomic E-state index is 13.2. The molecule has 2 atom stereocenters. The summed E-state index contributed by atoms with van der Waals surface area (Å²) in [6, 6.07) is 10.9. The van der Waals surface area contributed by atoms with E-state index in [1.807, 2.05) is 49.1 Å². The molecule has 3 N–H and O–H groups in total. The van der Waals surface area contributed by atoms with Crippen molar-refractivity contribution in [2.45, 2.75) is 64.3 Å². The number of nitrogens with zero attached hydrogens (tertiary/aromatic N) is 3. The Labute approximate surface area is 228 Å². The number of hydrogen-bond acceptors (Lipinski definition) is 7. The number of aromatic amines is 1. The number of carbonyl (C=O) groups is 2. The van der Waals surface area contributed by atoms with Crippen molar-refractivity contribution in [3.63, 3.8) is 0 Å². The van der Waals surface area contributed by atoms with Crippen molar-refractivity contribution < 1.29 is 23.8 Å². The van der Waals surface area contributed by atoms with Crippen LogP contribution in [0.4, 0.5) is 0 Å². The van der Waals surface area contributed by atoms with Gasteiger partial charge in [-0.25, -0.2) is 0 Å². The number of nitrogens with one attached hydrogen (secondary N) is 2. The predicted molar refractivity (Wildman–Crippen MR) is 144 cm³/mol. The number of benzene rings is 1. The van der Waals surface area contributed by atoms with Crippen LogP contribution in [0.5, 0.6) is 5.75 Å². The first kappa shape index (κ1) is 27.0. The van der Waals surface area contributed by atoms with Crippen LogP contribution in [0, 0.1) is 13.8 Å². The number of furan rings is 1. The smallest absolute Gasteiger partial charge is 0.289 e. The SMILES string of the molecule is COc1cccc(CNC(=O)[C@@H]2C[C@@H](O)CN2C2CCN(C(=O)c3ccc(Cc4c(C)n[nH]c4C)o3)CC2)c1. The number of piperidine rings is 1. The van der Waals surface area contributed by atoms with Crippen LogP contribution in [-0.4, -0.2) is 81.8 Å². The number of rotatable bonds is 8. The third-order valence-electron chi connectivity index (χ3n) is 7.95. The van der Waals surface area contributed by atoms with Gasteiger partial charge in [-0.3, -0.25) is 19.6 Å². The first-order valence-electron chi connectivity index (χ1n) is 13.5. The molecule has 0 bridgehead atoms. The van der Waals surface area contributed by atoms with E-state index < -0.39 is 6.10 Å². The Hall–Kier alpha value is -3.63. The van der Waals surface area contributed by atoms with E-state index in [1.165, 1.54) is 0 Å². The van der Waals surface area contributed by atoms with Gasteiger partial charge in [0.05, 0.1) is 24.9 Å². The fraction of sp³-hybridized carbons (Fsp3) is 0.483. The van der Waals surface area contributed by atoms with Crippen molar-refractivity contribution >= 4 is 11.8 Å². The number of methoxy groups -OCH3 is 1. The van der Waals surface area contributed by atoms with Gasteiger partial charge in [-0.15, -0.1) is 0 Å². The topological polar surface area (TPSA) is 124 Å². The molecule has 208 valence electrons. The van der Waals surface area contributed by atoms with Crippen LogP contribution in [0.3, 0.4) is 0 Å². The molecular weight excluding hydrogens is 498 g/mol. The van der Waals surface area contributed by atoms with Crippen LogP contribution < -0.4 is 10.1 Å². The summed E-state index contributed by atoms with van der Waals surface area (Å²) in [5.74, 6) is 1.62. The first-order chi connectivity index (χ1) is 18.8. The van der Waals surface area contributed by atoms with E-state index in [0.717, 1.165) is 46.9 Å². The summed E-state index contributed by atoms with van der Waals surface area (Å²) in [6.07, 6.45) is 1.93. The van der Waals surface area contributed by atoms with Crippen molar-refractivity contribution in [3.8, 4) is 5.75 Å². The Morgan fingerprint density at radius 3 is 2.72 bits per heavy atom. The molecular formula is C29H37N5O5. The maximum atomic E-state index is 13.2. The average molecular weight is 536 g/mol. The maximum Gasteiger partial charge on any atom is 0.289 e. The van der Waals surface area contributed by atoms with Gasteiger partial charge in [-0.2, -0.15) is 5.10 Å². The highest BCUT2D eigenvalue weighted by molar-refractivity contribution is 5.91. The summed E-state index contributed by atoms with van der Waals surface area (Å²) >= 11 is 0. The molecule has 2 aliphatic rings. The minimum absolute atomic E-state index is 0.0842. The lowest BCUT2D eigenvalue weighted by atomic mass is 10.0. The molecule has 10 heteroatoms. The number of β-amino-alcohol motifs (C(OH)–C–C–N with tert-alkyl or cyclic N) is 1. The lowest BCUT2D eigenvalue weighted by molar-refractivity contribution is -0.126. The number of H-pyrrole nitrogens is 1. The van der Waals surface area contributed by atoms with Gasteiger partial charge in [0.25, 0.3) is 5.91 Å². The molecule has 0 radical (unpaired) electrons. The van der Waals surface area contributed by atoms with Crippen molar-refractivity contribution in [1.82, 2.24) is 25.3 Å². The highest BCUT2D eigenvalue weighted by Gasteiger charge is 2.41. The molecule has 2 fully saturated rings. The van der Waals surface area contributed by atoms with Gasteiger partial charge in [0.2, 0.25) is 5.91 Å². The molecule has 10 nitrogen and oxygen atoms in total. The molecule has 2 aromatic heterocycles. The van der Waals surface area contributed by atoms with Gasteiger partial charge in [0.15, 0.2) is 5.76 Å². The second-order valence-electron chi connectivity index (χ2n) is 10.6. The average Bonchev–Trinajstić information content (AvgIpc) is 3.67. The molecule has 1 aromatic carbocycles. The number of ether oxygens (including phenoxy) is 1. The van der Waals surface area contributed by atoms with Crippen molar-refractivity contribution in [3.05, 3.63) is 70.4 Å². The summed E-state index contributed by atoms with van der Waals surface area (Å²) in [7, 11) is 1.62. The highest BCUT2D eigenvalue weighted by atomic mass is 16.5. The van der Waals surface area contributed by atoms with E-state index in [-0.39, 0.29) is 23.9 Å². The molecule has 0 spiro atoms. The lowest BCUT2D eigenvalue weighted by Gasteiger charge is -2.38. The number of likely N-dealkylation sites (tertiary alicyclic amines) is 2. The largest absolute Gasteiger partial charge is 0.497 e. The molecule has 0 saturated carbocycles. The summed E-state index contributed by atoms with van der Waals surface area (Å²) < 4.78 is 11.2. The minimum Gasteiger partial charge on any atom is -0.497 e. The van der Waals surface area contributed by atoms with Crippen LogP contribution in [0.25, 0.3) is 0 Å². The Balaban J connectivity index is 1.15. The predicted octanol–water partition coefficient (Wildman–Crippen LogP) is 2.58.